The summed E-state index contributed by atoms with van der Waals surface area (Å²) in [5, 5.41) is 6.82. The number of nitrogens with zero attached hydrogens (tertiary/aromatic N) is 1. The minimum absolute atomic E-state index is 0.532. The number of benzene rings is 3. The van der Waals surface area contributed by atoms with Gasteiger partial charge in [-0.1, -0.05) is 77.9 Å². The third-order valence-corrected chi connectivity index (χ3v) is 4.41. The molecule has 0 saturated carbocycles. The van der Waals surface area contributed by atoms with Gasteiger partial charge in [0.15, 0.2) is 0 Å². The predicted octanol–water partition coefficient (Wildman–Crippen LogP) is 4.01. The number of hydrazone groups is 1. The van der Waals surface area contributed by atoms with Crippen LogP contribution in [0.1, 0.15) is 22.3 Å². The van der Waals surface area contributed by atoms with Crippen LogP contribution in [0.2, 0.25) is 0 Å². The number of carbonyl (C=O) groups excluding carboxylic acids is 2. The van der Waals surface area contributed by atoms with Crippen LogP contribution in [0.3, 0.4) is 0 Å². The van der Waals surface area contributed by atoms with Crippen LogP contribution < -0.4 is 10.7 Å². The average Bonchev–Trinajstić information content (AvgIpc) is 2.74. The van der Waals surface area contributed by atoms with Crippen molar-refractivity contribution in [1.29, 1.82) is 0 Å². The van der Waals surface area contributed by atoms with Crippen LogP contribution in [0, 0.1) is 13.8 Å². The molecule has 2 N–H and O–H groups in total. The van der Waals surface area contributed by atoms with Crippen LogP contribution in [0.4, 0.5) is 5.69 Å². The fourth-order valence-electron chi connectivity index (χ4n) is 2.74. The molecule has 0 aliphatic carbocycles. The zero-order valence-electron chi connectivity index (χ0n) is 16.5. The van der Waals surface area contributed by atoms with Gasteiger partial charge in [-0.3, -0.25) is 9.59 Å². The van der Waals surface area contributed by atoms with Gasteiger partial charge in [0.05, 0.1) is 5.71 Å². The Bertz CT molecular complexity index is 1010. The Kier molecular flexibility index (Phi) is 6.53. The lowest BCUT2D eigenvalue weighted by atomic mass is 10.0. The van der Waals surface area contributed by atoms with Crippen molar-refractivity contribution in [2.45, 2.75) is 20.3 Å². The Morgan fingerprint density at radius 3 is 1.97 bits per heavy atom. The van der Waals surface area contributed by atoms with Gasteiger partial charge in [0, 0.05) is 12.1 Å². The molecule has 2 amide bonds. The summed E-state index contributed by atoms with van der Waals surface area (Å²) in [7, 11) is 0. The summed E-state index contributed by atoms with van der Waals surface area (Å²) in [5.41, 5.74) is 7.77. The van der Waals surface area contributed by atoms with Crippen molar-refractivity contribution in [1.82, 2.24) is 5.43 Å². The molecular formula is C24H23N3O2. The van der Waals surface area contributed by atoms with Crippen LogP contribution in [-0.4, -0.2) is 17.5 Å². The smallest absolute Gasteiger partial charge is 0.318 e. The molecule has 0 atom stereocenters. The van der Waals surface area contributed by atoms with Gasteiger partial charge in [0.1, 0.15) is 0 Å². The predicted molar refractivity (Wildman–Crippen MR) is 116 cm³/mol. The van der Waals surface area contributed by atoms with E-state index in [2.05, 4.69) is 15.8 Å². The lowest BCUT2D eigenvalue weighted by Gasteiger charge is -2.09. The highest BCUT2D eigenvalue weighted by Gasteiger charge is 2.14. The molecule has 0 bridgehead atoms. The highest BCUT2D eigenvalue weighted by molar-refractivity contribution is 6.39. The second-order valence-corrected chi connectivity index (χ2v) is 6.85. The molecule has 3 aromatic carbocycles. The summed E-state index contributed by atoms with van der Waals surface area (Å²) in [5.74, 6) is -1.58. The van der Waals surface area contributed by atoms with E-state index in [0.717, 1.165) is 22.3 Å². The molecule has 5 heteroatoms. The second kappa shape index (κ2) is 9.46. The Morgan fingerprint density at radius 2 is 1.34 bits per heavy atom. The molecular weight excluding hydrogens is 362 g/mol. The molecule has 0 aromatic heterocycles. The third-order valence-electron chi connectivity index (χ3n) is 4.41. The standard InChI is InChI=1S/C24H23N3O2/c1-17-8-12-20(13-9-17)22(16-19-6-4-3-5-7-19)26-27-24(29)23(28)25-21-14-10-18(2)11-15-21/h3-15H,16H2,1-2H3,(H,25,28)(H,27,29)/b26-22-. The Balaban J connectivity index is 1.74. The Hall–Kier alpha value is -3.73. The van der Waals surface area contributed by atoms with Crippen molar-refractivity contribution in [2.75, 3.05) is 5.32 Å². The number of anilines is 1. The monoisotopic (exact) mass is 385 g/mol. The van der Waals surface area contributed by atoms with E-state index in [1.54, 1.807) is 12.1 Å². The number of hydrogen-bond donors (Lipinski definition) is 2. The van der Waals surface area contributed by atoms with E-state index in [0.29, 0.717) is 17.8 Å². The van der Waals surface area contributed by atoms with Crippen LogP contribution in [-0.2, 0) is 16.0 Å². The van der Waals surface area contributed by atoms with Crippen molar-refractivity contribution in [3.63, 3.8) is 0 Å². The molecule has 3 aromatic rings. The molecule has 146 valence electrons. The molecule has 3 rings (SSSR count). The fourth-order valence-corrected chi connectivity index (χ4v) is 2.74. The van der Waals surface area contributed by atoms with Gasteiger partial charge < -0.3 is 5.32 Å². The first-order chi connectivity index (χ1) is 14.0. The zero-order chi connectivity index (χ0) is 20.6. The molecule has 0 radical (unpaired) electrons. The number of nitrogens with one attached hydrogen (secondary N) is 2. The van der Waals surface area contributed by atoms with Crippen LogP contribution >= 0.6 is 0 Å². The van der Waals surface area contributed by atoms with E-state index in [1.807, 2.05) is 80.6 Å². The molecule has 0 fully saturated rings. The van der Waals surface area contributed by atoms with Crippen LogP contribution in [0.5, 0.6) is 0 Å². The third kappa shape index (κ3) is 5.87. The fraction of sp³-hybridized carbons (Fsp3) is 0.125. The topological polar surface area (TPSA) is 70.6 Å². The molecule has 29 heavy (non-hydrogen) atoms. The van der Waals surface area contributed by atoms with Gasteiger partial charge >= 0.3 is 11.8 Å². The van der Waals surface area contributed by atoms with Gasteiger partial charge in [-0.2, -0.15) is 5.10 Å². The van der Waals surface area contributed by atoms with E-state index >= 15 is 0 Å². The second-order valence-electron chi connectivity index (χ2n) is 6.85. The van der Waals surface area contributed by atoms with E-state index in [4.69, 9.17) is 0 Å². The van der Waals surface area contributed by atoms with Crippen molar-refractivity contribution >= 4 is 23.2 Å². The average molecular weight is 385 g/mol. The molecule has 0 aliphatic rings. The molecule has 0 unspecified atom stereocenters. The largest absolute Gasteiger partial charge is 0.329 e. The van der Waals surface area contributed by atoms with E-state index < -0.39 is 11.8 Å². The highest BCUT2D eigenvalue weighted by Crippen LogP contribution is 2.11. The van der Waals surface area contributed by atoms with Crippen LogP contribution in [0.25, 0.3) is 0 Å². The number of amides is 2. The SMILES string of the molecule is Cc1ccc(NC(=O)C(=O)N/N=C(/Cc2ccccc2)c2ccc(C)cc2)cc1. The number of carbonyl (C=O) groups is 2. The molecule has 5 nitrogen and oxygen atoms in total. The first kappa shape index (κ1) is 20.0. The summed E-state index contributed by atoms with van der Waals surface area (Å²) >= 11 is 0. The lowest BCUT2D eigenvalue weighted by Crippen LogP contribution is -2.33. The summed E-state index contributed by atoms with van der Waals surface area (Å²) < 4.78 is 0. The minimum atomic E-state index is -0.816. The summed E-state index contributed by atoms with van der Waals surface area (Å²) in [6.07, 6.45) is 0.532. The maximum Gasteiger partial charge on any atom is 0.329 e. The maximum absolute atomic E-state index is 12.2. The molecule has 0 aliphatic heterocycles. The number of aryl methyl sites for hydroxylation is 2. The first-order valence-electron chi connectivity index (χ1n) is 9.37. The van der Waals surface area contributed by atoms with Crippen molar-refractivity contribution < 1.29 is 9.59 Å². The summed E-state index contributed by atoms with van der Waals surface area (Å²) in [4.78, 5) is 24.4. The maximum atomic E-state index is 12.2. The van der Waals surface area contributed by atoms with Crippen molar-refractivity contribution in [3.05, 3.63) is 101 Å². The van der Waals surface area contributed by atoms with Gasteiger partial charge in [-0.15, -0.1) is 0 Å². The first-order valence-corrected chi connectivity index (χ1v) is 9.37. The van der Waals surface area contributed by atoms with E-state index in [1.165, 1.54) is 0 Å². The van der Waals surface area contributed by atoms with Gasteiger partial charge in [-0.25, -0.2) is 5.43 Å². The lowest BCUT2D eigenvalue weighted by molar-refractivity contribution is -0.136. The Labute approximate surface area is 170 Å². The van der Waals surface area contributed by atoms with Crippen molar-refractivity contribution in [2.24, 2.45) is 5.10 Å². The molecule has 0 heterocycles. The molecule has 0 spiro atoms. The van der Waals surface area contributed by atoms with Gasteiger partial charge in [0.2, 0.25) is 0 Å². The van der Waals surface area contributed by atoms with Gasteiger partial charge in [0.25, 0.3) is 0 Å². The van der Waals surface area contributed by atoms with Gasteiger partial charge in [-0.05, 0) is 37.1 Å². The Morgan fingerprint density at radius 1 is 0.759 bits per heavy atom. The quantitative estimate of drug-likeness (QED) is 0.396. The normalized spacial score (nSPS) is 11.0. The zero-order valence-corrected chi connectivity index (χ0v) is 16.5. The van der Waals surface area contributed by atoms with E-state index in [-0.39, 0.29) is 0 Å². The number of rotatable bonds is 5. The number of hydrogen-bond acceptors (Lipinski definition) is 3. The summed E-state index contributed by atoms with van der Waals surface area (Å²) in [6.45, 7) is 3.96. The summed E-state index contributed by atoms with van der Waals surface area (Å²) in [6, 6.07) is 24.9. The molecule has 0 saturated heterocycles. The minimum Gasteiger partial charge on any atom is -0.318 e. The highest BCUT2D eigenvalue weighted by atomic mass is 16.2. The van der Waals surface area contributed by atoms with Crippen LogP contribution in [0.15, 0.2) is 84.0 Å². The van der Waals surface area contributed by atoms with Crippen molar-refractivity contribution in [3.8, 4) is 0 Å². The van der Waals surface area contributed by atoms with E-state index in [9.17, 15) is 9.59 Å².